The minimum Gasteiger partial charge on any atom is -0.364 e. The minimum atomic E-state index is -0.122. The maximum absolute atomic E-state index is 12.3. The molecule has 2 aromatic heterocycles. The molecule has 1 fully saturated rings. The first-order valence-electron chi connectivity index (χ1n) is 11.5. The summed E-state index contributed by atoms with van der Waals surface area (Å²) < 4.78 is 1.95. The van der Waals surface area contributed by atoms with Gasteiger partial charge in [0.1, 0.15) is 5.69 Å². The van der Waals surface area contributed by atoms with Crippen molar-refractivity contribution in [3.05, 3.63) is 29.8 Å². The molecule has 1 amide bonds. The first-order valence-corrected chi connectivity index (χ1v) is 12.3. The summed E-state index contributed by atoms with van der Waals surface area (Å²) in [4.78, 5) is 22.5. The van der Waals surface area contributed by atoms with E-state index in [9.17, 15) is 4.79 Å². The summed E-state index contributed by atoms with van der Waals surface area (Å²) in [5.74, 6) is 1.20. The fourth-order valence-electron chi connectivity index (χ4n) is 3.96. The number of imidazole rings is 1. The van der Waals surface area contributed by atoms with Crippen LogP contribution in [0.4, 0.5) is 10.9 Å². The molecule has 172 valence electrons. The second kappa shape index (κ2) is 9.10. The van der Waals surface area contributed by atoms with Crippen LogP contribution in [-0.2, 0) is 4.79 Å². The van der Waals surface area contributed by atoms with Gasteiger partial charge in [0.15, 0.2) is 5.82 Å². The van der Waals surface area contributed by atoms with E-state index in [1.165, 1.54) is 5.56 Å². The minimum absolute atomic E-state index is 0.122. The number of hydrogen-bond donors (Lipinski definition) is 1. The molecule has 7 nitrogen and oxygen atoms in total. The zero-order valence-electron chi connectivity index (χ0n) is 19.8. The lowest BCUT2D eigenvalue weighted by Crippen LogP contribution is -2.48. The monoisotopic (exact) mass is 454 g/mol. The molecule has 0 saturated carbocycles. The highest BCUT2D eigenvalue weighted by Gasteiger charge is 2.26. The second-order valence-corrected chi connectivity index (χ2v) is 10.5. The zero-order valence-corrected chi connectivity index (χ0v) is 20.6. The van der Waals surface area contributed by atoms with E-state index >= 15 is 0 Å². The number of benzene rings is 1. The Kier molecular flexibility index (Phi) is 6.42. The van der Waals surface area contributed by atoms with Crippen LogP contribution >= 0.6 is 11.3 Å². The number of piperazine rings is 1. The summed E-state index contributed by atoms with van der Waals surface area (Å²) >= 11 is 1.61. The molecule has 32 heavy (non-hydrogen) atoms. The number of anilines is 2. The van der Waals surface area contributed by atoms with Crippen LogP contribution in [0, 0.1) is 6.92 Å². The average Bonchev–Trinajstić information content (AvgIpc) is 3.30. The van der Waals surface area contributed by atoms with Crippen LogP contribution in [0.5, 0.6) is 0 Å². The van der Waals surface area contributed by atoms with Crippen molar-refractivity contribution in [2.75, 3.05) is 36.4 Å². The van der Waals surface area contributed by atoms with Crippen LogP contribution in [0.25, 0.3) is 16.2 Å². The average molecular weight is 455 g/mol. The van der Waals surface area contributed by atoms with Crippen molar-refractivity contribution in [3.63, 3.8) is 0 Å². The smallest absolute Gasteiger partial charge is 0.222 e. The molecular formula is C24H34N6OS. The Hall–Kier alpha value is -2.61. The molecule has 0 bridgehead atoms. The largest absolute Gasteiger partial charge is 0.364 e. The van der Waals surface area contributed by atoms with Crippen molar-refractivity contribution in [3.8, 4) is 11.3 Å². The van der Waals surface area contributed by atoms with Crippen molar-refractivity contribution in [1.29, 1.82) is 0 Å². The first kappa shape index (κ1) is 22.6. The van der Waals surface area contributed by atoms with Gasteiger partial charge >= 0.3 is 0 Å². The van der Waals surface area contributed by atoms with Gasteiger partial charge in [0.2, 0.25) is 16.0 Å². The van der Waals surface area contributed by atoms with E-state index in [1.54, 1.807) is 11.3 Å². The van der Waals surface area contributed by atoms with Gasteiger partial charge in [0.25, 0.3) is 0 Å². The van der Waals surface area contributed by atoms with Gasteiger partial charge in [-0.15, -0.1) is 5.10 Å². The SMILES string of the molecule is CCCCC(=O)N1CCN(c2nn3c(NC(C)(C)C)c(-c4cccc(C)c4)nc3s2)CC1. The van der Waals surface area contributed by atoms with Crippen molar-refractivity contribution in [1.82, 2.24) is 19.5 Å². The van der Waals surface area contributed by atoms with Gasteiger partial charge in [-0.05, 0) is 40.2 Å². The third-order valence-electron chi connectivity index (χ3n) is 5.62. The lowest BCUT2D eigenvalue weighted by Gasteiger charge is -2.34. The van der Waals surface area contributed by atoms with Crippen LogP contribution in [0.1, 0.15) is 52.5 Å². The van der Waals surface area contributed by atoms with Crippen molar-refractivity contribution in [2.24, 2.45) is 0 Å². The van der Waals surface area contributed by atoms with Crippen LogP contribution in [0.15, 0.2) is 24.3 Å². The van der Waals surface area contributed by atoms with Gasteiger partial charge < -0.3 is 15.1 Å². The van der Waals surface area contributed by atoms with E-state index in [2.05, 4.69) is 69.1 Å². The summed E-state index contributed by atoms with van der Waals surface area (Å²) in [5.41, 5.74) is 3.11. The molecule has 3 aromatic rings. The fraction of sp³-hybridized carbons (Fsp3) is 0.542. The van der Waals surface area contributed by atoms with E-state index in [0.29, 0.717) is 6.42 Å². The summed E-state index contributed by atoms with van der Waals surface area (Å²) in [6.45, 7) is 13.8. The molecule has 8 heteroatoms. The number of hydrogen-bond acceptors (Lipinski definition) is 6. The van der Waals surface area contributed by atoms with E-state index in [4.69, 9.17) is 10.1 Å². The number of fused-ring (bicyclic) bond motifs is 1. The summed E-state index contributed by atoms with van der Waals surface area (Å²) in [5, 5.41) is 9.52. The molecule has 0 unspecified atom stereocenters. The number of nitrogens with one attached hydrogen (secondary N) is 1. The lowest BCUT2D eigenvalue weighted by molar-refractivity contribution is -0.131. The lowest BCUT2D eigenvalue weighted by atomic mass is 10.1. The highest BCUT2D eigenvalue weighted by molar-refractivity contribution is 7.20. The maximum Gasteiger partial charge on any atom is 0.222 e. The zero-order chi connectivity index (χ0) is 22.9. The highest BCUT2D eigenvalue weighted by atomic mass is 32.1. The fourth-order valence-corrected chi connectivity index (χ4v) is 4.91. The van der Waals surface area contributed by atoms with Gasteiger partial charge in [-0.2, -0.15) is 4.52 Å². The Labute approximate surface area is 194 Å². The molecule has 1 saturated heterocycles. The van der Waals surface area contributed by atoms with Crippen molar-refractivity contribution >= 4 is 33.2 Å². The van der Waals surface area contributed by atoms with E-state index < -0.39 is 0 Å². The van der Waals surface area contributed by atoms with Gasteiger partial charge in [-0.25, -0.2) is 4.98 Å². The second-order valence-electron chi connectivity index (χ2n) is 9.60. The van der Waals surface area contributed by atoms with E-state index in [-0.39, 0.29) is 11.4 Å². The van der Waals surface area contributed by atoms with Gasteiger partial charge in [0, 0.05) is 43.7 Å². The highest BCUT2D eigenvalue weighted by Crippen LogP contribution is 2.35. The predicted molar refractivity (Wildman–Crippen MR) is 133 cm³/mol. The van der Waals surface area contributed by atoms with Crippen molar-refractivity contribution < 1.29 is 4.79 Å². The summed E-state index contributed by atoms with van der Waals surface area (Å²) in [6, 6.07) is 8.43. The van der Waals surface area contributed by atoms with Crippen molar-refractivity contribution in [2.45, 2.75) is 59.4 Å². The normalized spacial score (nSPS) is 14.9. The standard InChI is InChI=1S/C24H34N6OS/c1-6-7-11-19(31)28-12-14-29(15-13-28)23-27-30-21(26-24(3,4)5)20(25-22(30)32-23)18-10-8-9-17(2)16-18/h8-10,16,26H,6-7,11-15H2,1-5H3. The third-order valence-corrected chi connectivity index (χ3v) is 6.59. The number of carbonyl (C=O) groups excluding carboxylic acids is 1. The van der Waals surface area contributed by atoms with Gasteiger partial charge in [-0.3, -0.25) is 4.79 Å². The van der Waals surface area contributed by atoms with E-state index in [0.717, 1.165) is 66.2 Å². The Morgan fingerprint density at radius 1 is 1.19 bits per heavy atom. The molecule has 0 aliphatic carbocycles. The summed E-state index contributed by atoms with van der Waals surface area (Å²) in [7, 11) is 0. The molecule has 1 N–H and O–H groups in total. The van der Waals surface area contributed by atoms with E-state index in [1.807, 2.05) is 9.42 Å². The topological polar surface area (TPSA) is 65.8 Å². The third kappa shape index (κ3) is 4.90. The number of unbranched alkanes of at least 4 members (excludes halogenated alkanes) is 1. The molecule has 3 heterocycles. The predicted octanol–water partition coefficient (Wildman–Crippen LogP) is 4.82. The summed E-state index contributed by atoms with van der Waals surface area (Å²) in [6.07, 6.45) is 2.68. The molecule has 1 aliphatic heterocycles. The molecule has 0 spiro atoms. The van der Waals surface area contributed by atoms with Crippen LogP contribution in [0.2, 0.25) is 0 Å². The van der Waals surface area contributed by atoms with Gasteiger partial charge in [-0.1, -0.05) is 48.4 Å². The molecule has 0 radical (unpaired) electrons. The van der Waals surface area contributed by atoms with Crippen LogP contribution in [0.3, 0.4) is 0 Å². The number of rotatable bonds is 6. The molecule has 1 aromatic carbocycles. The van der Waals surface area contributed by atoms with Gasteiger partial charge in [0.05, 0.1) is 0 Å². The van der Waals surface area contributed by atoms with Crippen LogP contribution in [-0.4, -0.2) is 57.1 Å². The van der Waals surface area contributed by atoms with Crippen LogP contribution < -0.4 is 10.2 Å². The quantitative estimate of drug-likeness (QED) is 0.579. The molecular weight excluding hydrogens is 420 g/mol. The Morgan fingerprint density at radius 2 is 1.94 bits per heavy atom. The Morgan fingerprint density at radius 3 is 2.59 bits per heavy atom. The maximum atomic E-state index is 12.3. The Bertz CT molecular complexity index is 1090. The number of carbonyl (C=O) groups is 1. The number of nitrogens with zero attached hydrogens (tertiary/aromatic N) is 5. The Balaban J connectivity index is 1.59. The number of amides is 1. The first-order chi connectivity index (χ1) is 15.2. The molecule has 4 rings (SSSR count). The molecule has 1 aliphatic rings. The number of aromatic nitrogens is 3. The number of aryl methyl sites for hydroxylation is 1. The molecule has 0 atom stereocenters.